The lowest BCUT2D eigenvalue weighted by molar-refractivity contribution is -0.249. The quantitative estimate of drug-likeness (QED) is 0.579. The van der Waals surface area contributed by atoms with Gasteiger partial charge in [-0.15, -0.1) is 0 Å². The number of nitrogens with zero attached hydrogens (tertiary/aromatic N) is 2. The van der Waals surface area contributed by atoms with E-state index in [1.54, 1.807) is 12.2 Å². The average molecular weight is 384 g/mol. The molecular weight excluding hydrogens is 354 g/mol. The van der Waals surface area contributed by atoms with Gasteiger partial charge in [-0.2, -0.15) is 5.06 Å². The zero-order valence-corrected chi connectivity index (χ0v) is 17.2. The molecule has 0 saturated carbocycles. The molecule has 0 unspecified atom stereocenters. The first-order valence-electron chi connectivity index (χ1n) is 9.06. The highest BCUT2D eigenvalue weighted by atomic mass is 35.5. The smallest absolute Gasteiger partial charge is 0.252 e. The summed E-state index contributed by atoms with van der Waals surface area (Å²) < 4.78 is 0. The molecule has 1 aromatic carbocycles. The number of piperidine rings is 1. The first-order valence-corrected chi connectivity index (χ1v) is 9.44. The van der Waals surface area contributed by atoms with Crippen molar-refractivity contribution in [1.82, 2.24) is 15.4 Å². The largest absolute Gasteiger partial charge is 0.302 e. The van der Waals surface area contributed by atoms with Gasteiger partial charge in [0, 0.05) is 31.0 Å². The second kappa shape index (κ2) is 9.15. The number of hydrogen-bond donors (Lipinski definition) is 1. The molecule has 1 amide bonds. The van der Waals surface area contributed by atoms with Crippen molar-refractivity contribution in [3.8, 4) is 0 Å². The molecular formula is C19H30ClN3O3. The van der Waals surface area contributed by atoms with E-state index in [9.17, 15) is 4.79 Å². The molecule has 0 bridgehead atoms. The van der Waals surface area contributed by atoms with Crippen LogP contribution in [0.15, 0.2) is 12.1 Å². The summed E-state index contributed by atoms with van der Waals surface area (Å²) in [5.41, 5.74) is 2.51. The fourth-order valence-corrected chi connectivity index (χ4v) is 3.93. The Bertz CT molecular complexity index is 607. The molecule has 1 fully saturated rings. The molecule has 0 aromatic heterocycles. The van der Waals surface area contributed by atoms with Crippen LogP contribution in [0.3, 0.4) is 0 Å². The summed E-state index contributed by atoms with van der Waals surface area (Å²) in [7, 11) is 3.55. The van der Waals surface area contributed by atoms with Crippen molar-refractivity contribution < 1.29 is 14.5 Å². The molecule has 1 aliphatic heterocycles. The predicted molar refractivity (Wildman–Crippen MR) is 103 cm³/mol. The van der Waals surface area contributed by atoms with E-state index in [4.69, 9.17) is 21.3 Å². The minimum absolute atomic E-state index is 0.0550. The van der Waals surface area contributed by atoms with E-state index in [2.05, 4.69) is 5.32 Å². The Kier molecular flexibility index (Phi) is 7.43. The van der Waals surface area contributed by atoms with Crippen LogP contribution in [-0.2, 0) is 20.9 Å². The molecule has 146 valence electrons. The molecule has 1 aliphatic rings. The summed E-state index contributed by atoms with van der Waals surface area (Å²) >= 11 is 6.12. The molecule has 7 heteroatoms. The van der Waals surface area contributed by atoms with E-state index < -0.39 is 5.66 Å². The van der Waals surface area contributed by atoms with E-state index in [0.29, 0.717) is 11.6 Å². The summed E-state index contributed by atoms with van der Waals surface area (Å²) in [4.78, 5) is 24.3. The van der Waals surface area contributed by atoms with E-state index in [-0.39, 0.29) is 12.3 Å². The molecule has 0 atom stereocenters. The zero-order valence-electron chi connectivity index (χ0n) is 16.4. The van der Waals surface area contributed by atoms with E-state index >= 15 is 0 Å². The first-order chi connectivity index (χ1) is 12.4. The summed E-state index contributed by atoms with van der Waals surface area (Å²) in [6.45, 7) is 7.75. The van der Waals surface area contributed by atoms with Crippen LogP contribution in [0.5, 0.6) is 0 Å². The molecule has 1 heterocycles. The van der Waals surface area contributed by atoms with Gasteiger partial charge in [-0.1, -0.05) is 11.6 Å². The van der Waals surface area contributed by atoms with Gasteiger partial charge in [0.2, 0.25) is 0 Å². The highest BCUT2D eigenvalue weighted by Crippen LogP contribution is 2.29. The third-order valence-corrected chi connectivity index (χ3v) is 5.35. The Hall–Kier alpha value is -1.18. The SMILES string of the molecule is CCON(C(=O)Cc1c(C)cc(Cl)cc1C)C1(NC)CCN(OC)CC1. The lowest BCUT2D eigenvalue weighted by atomic mass is 9.95. The molecule has 6 nitrogen and oxygen atoms in total. The summed E-state index contributed by atoms with van der Waals surface area (Å²) in [5.74, 6) is -0.0550. The fraction of sp³-hybridized carbons (Fsp3) is 0.632. The highest BCUT2D eigenvalue weighted by molar-refractivity contribution is 6.30. The summed E-state index contributed by atoms with van der Waals surface area (Å²) in [5, 5.41) is 7.47. The van der Waals surface area contributed by atoms with Crippen LogP contribution in [0, 0.1) is 13.8 Å². The van der Waals surface area contributed by atoms with Crippen LogP contribution in [0.1, 0.15) is 36.5 Å². The van der Waals surface area contributed by atoms with Crippen molar-refractivity contribution in [3.05, 3.63) is 33.8 Å². The van der Waals surface area contributed by atoms with Crippen LogP contribution in [-0.4, -0.2) is 55.6 Å². The van der Waals surface area contributed by atoms with Gasteiger partial charge in [-0.05, 0) is 56.6 Å². The topological polar surface area (TPSA) is 54.0 Å². The molecule has 1 N–H and O–H groups in total. The molecule has 2 rings (SSSR count). The number of hydroxylamine groups is 4. The van der Waals surface area contributed by atoms with Gasteiger partial charge in [0.15, 0.2) is 0 Å². The van der Waals surface area contributed by atoms with Gasteiger partial charge in [0.05, 0.1) is 20.1 Å². The Morgan fingerprint density at radius 1 is 1.31 bits per heavy atom. The number of nitrogens with one attached hydrogen (secondary N) is 1. The summed E-state index contributed by atoms with van der Waals surface area (Å²) in [6, 6.07) is 3.79. The van der Waals surface area contributed by atoms with Crippen molar-refractivity contribution in [2.75, 3.05) is 33.9 Å². The average Bonchev–Trinajstić information content (AvgIpc) is 2.62. The Labute approximate surface area is 161 Å². The van der Waals surface area contributed by atoms with Gasteiger partial charge < -0.3 is 4.84 Å². The van der Waals surface area contributed by atoms with Gasteiger partial charge in [0.1, 0.15) is 5.66 Å². The molecule has 0 radical (unpaired) electrons. The molecule has 26 heavy (non-hydrogen) atoms. The maximum absolute atomic E-state index is 13.2. The molecule has 1 aromatic rings. The second-order valence-electron chi connectivity index (χ2n) is 6.69. The third kappa shape index (κ3) is 4.56. The second-order valence-corrected chi connectivity index (χ2v) is 7.13. The van der Waals surface area contributed by atoms with Crippen molar-refractivity contribution in [2.24, 2.45) is 0 Å². The third-order valence-electron chi connectivity index (χ3n) is 5.14. The highest BCUT2D eigenvalue weighted by Gasteiger charge is 2.42. The van der Waals surface area contributed by atoms with E-state index in [0.717, 1.165) is 42.6 Å². The monoisotopic (exact) mass is 383 g/mol. The Morgan fingerprint density at radius 2 is 1.88 bits per heavy atom. The zero-order chi connectivity index (χ0) is 19.3. The number of amides is 1. The van der Waals surface area contributed by atoms with Crippen molar-refractivity contribution in [2.45, 2.75) is 45.7 Å². The minimum Gasteiger partial charge on any atom is -0.302 e. The summed E-state index contributed by atoms with van der Waals surface area (Å²) in [6.07, 6.45) is 1.73. The molecule has 0 aliphatic carbocycles. The van der Waals surface area contributed by atoms with Crippen molar-refractivity contribution in [3.63, 3.8) is 0 Å². The van der Waals surface area contributed by atoms with Crippen molar-refractivity contribution >= 4 is 17.5 Å². The number of rotatable bonds is 7. The van der Waals surface area contributed by atoms with Gasteiger partial charge in [0.25, 0.3) is 5.91 Å². The Balaban J connectivity index is 2.24. The predicted octanol–water partition coefficient (Wildman–Crippen LogP) is 2.85. The van der Waals surface area contributed by atoms with Gasteiger partial charge in [-0.3, -0.25) is 14.9 Å². The number of hydrogen-bond acceptors (Lipinski definition) is 5. The number of carbonyl (C=O) groups excluding carboxylic acids is 1. The number of aryl methyl sites for hydroxylation is 2. The normalized spacial score (nSPS) is 17.3. The van der Waals surface area contributed by atoms with Crippen LogP contribution in [0.2, 0.25) is 5.02 Å². The van der Waals surface area contributed by atoms with Crippen LogP contribution >= 0.6 is 11.6 Å². The maximum Gasteiger partial charge on any atom is 0.252 e. The van der Waals surface area contributed by atoms with Crippen LogP contribution < -0.4 is 5.32 Å². The lowest BCUT2D eigenvalue weighted by Gasteiger charge is -2.46. The first kappa shape index (κ1) is 21.1. The number of benzene rings is 1. The fourth-order valence-electron chi connectivity index (χ4n) is 3.60. The van der Waals surface area contributed by atoms with Gasteiger partial charge >= 0.3 is 0 Å². The standard InChI is InChI=1S/C19H30ClN3O3/c1-6-26-23(19(21-4)7-9-22(25-5)10-8-19)18(24)13-17-14(2)11-16(20)12-15(17)3/h11-12,21H,6-10,13H2,1-5H3. The maximum atomic E-state index is 13.2. The van der Waals surface area contributed by atoms with Crippen LogP contribution in [0.25, 0.3) is 0 Å². The lowest BCUT2D eigenvalue weighted by Crippen LogP contribution is -2.64. The number of halogens is 1. The van der Waals surface area contributed by atoms with Crippen molar-refractivity contribution in [1.29, 1.82) is 0 Å². The Morgan fingerprint density at radius 3 is 2.35 bits per heavy atom. The van der Waals surface area contributed by atoms with E-state index in [1.165, 1.54) is 0 Å². The minimum atomic E-state index is -0.531. The molecule has 1 saturated heterocycles. The van der Waals surface area contributed by atoms with Gasteiger partial charge in [-0.25, -0.2) is 5.06 Å². The molecule has 0 spiro atoms. The van der Waals surface area contributed by atoms with E-state index in [1.807, 2.05) is 45.0 Å². The van der Waals surface area contributed by atoms with Crippen LogP contribution in [0.4, 0.5) is 0 Å². The number of carbonyl (C=O) groups is 1.